The van der Waals surface area contributed by atoms with E-state index in [0.717, 1.165) is 44.3 Å². The Morgan fingerprint density at radius 1 is 0.771 bits per heavy atom. The van der Waals surface area contributed by atoms with Gasteiger partial charge >= 0.3 is 225 Å². The molecular weight excluding hydrogens is 542 g/mol. The first kappa shape index (κ1) is 24.1. The molecule has 4 aromatic rings. The Hall–Kier alpha value is -2.57. The van der Waals surface area contributed by atoms with Crippen molar-refractivity contribution in [2.24, 2.45) is 4.99 Å². The van der Waals surface area contributed by atoms with Gasteiger partial charge in [-0.2, -0.15) is 0 Å². The first-order valence-corrected chi connectivity index (χ1v) is 12.9. The molecule has 0 unspecified atom stereocenters. The fraction of sp³-hybridized carbons (Fsp3) is 0.226. The third-order valence-electron chi connectivity index (χ3n) is 6.94. The Bertz CT molecular complexity index is 1580. The molecule has 0 fully saturated rings. The number of aliphatic imine (C=N–C) groups is 1. The van der Waals surface area contributed by atoms with Crippen LogP contribution in [0.1, 0.15) is 50.1 Å². The molecule has 0 aromatic heterocycles. The van der Waals surface area contributed by atoms with E-state index < -0.39 is 0 Å². The summed E-state index contributed by atoms with van der Waals surface area (Å²) >= 11 is 10.4. The van der Waals surface area contributed by atoms with Crippen LogP contribution >= 0.6 is 11.6 Å². The molecule has 5 rings (SSSR count). The SMILES string of the molecule is Cc1cc(C)c(N=C2C(=[N+]([Pd])c3c(C)cc(C)cc3C)c3cccc4cc(Cl)c(C)c2c34)c(C)c1. The number of nitrogens with zero attached hydrogens (tertiary/aromatic N) is 2. The van der Waals surface area contributed by atoms with Gasteiger partial charge in [0, 0.05) is 0 Å². The van der Waals surface area contributed by atoms with E-state index in [-0.39, 0.29) is 0 Å². The van der Waals surface area contributed by atoms with Crippen LogP contribution in [0.5, 0.6) is 0 Å². The Balaban J connectivity index is 1.95. The van der Waals surface area contributed by atoms with Crippen LogP contribution in [0.3, 0.4) is 0 Å². The number of hydrogen-bond acceptors (Lipinski definition) is 1. The van der Waals surface area contributed by atoms with Crippen molar-refractivity contribution in [3.05, 3.63) is 104 Å². The van der Waals surface area contributed by atoms with Gasteiger partial charge in [-0.25, -0.2) is 0 Å². The van der Waals surface area contributed by atoms with Crippen molar-refractivity contribution in [2.45, 2.75) is 48.5 Å². The van der Waals surface area contributed by atoms with E-state index >= 15 is 0 Å². The molecule has 0 N–H and O–H groups in total. The first-order valence-electron chi connectivity index (χ1n) is 11.9. The number of hydrogen-bond donors (Lipinski definition) is 0. The van der Waals surface area contributed by atoms with Crippen molar-refractivity contribution in [1.82, 2.24) is 0 Å². The zero-order valence-corrected chi connectivity index (χ0v) is 23.5. The standard InChI is InChI=1S/C31H29ClN2.Pd/c1-16-11-18(3)28(19(4)12-16)33-30-24-10-8-9-23-15-25(32)22(7)26(27(23)24)31(30)34-29-20(5)13-17(2)14-21(29)6;/h8-15H,1-7H3;/q;+1. The minimum absolute atomic E-state index is 0.767. The fourth-order valence-corrected chi connectivity index (χ4v) is 6.70. The van der Waals surface area contributed by atoms with E-state index in [1.807, 2.05) is 0 Å². The summed E-state index contributed by atoms with van der Waals surface area (Å²) in [6.45, 7) is 15.0. The van der Waals surface area contributed by atoms with Crippen LogP contribution in [0.15, 0.2) is 53.5 Å². The molecule has 179 valence electrons. The third kappa shape index (κ3) is 3.91. The molecule has 0 spiro atoms. The Labute approximate surface area is 224 Å². The van der Waals surface area contributed by atoms with Gasteiger partial charge in [-0.15, -0.1) is 0 Å². The molecule has 0 saturated heterocycles. The van der Waals surface area contributed by atoms with Crippen LogP contribution < -0.4 is 0 Å². The molecule has 0 atom stereocenters. The second kappa shape index (κ2) is 8.83. The van der Waals surface area contributed by atoms with E-state index in [2.05, 4.69) is 120 Å². The predicted octanol–water partition coefficient (Wildman–Crippen LogP) is 8.38. The van der Waals surface area contributed by atoms with Gasteiger partial charge in [-0.05, 0) is 0 Å². The summed E-state index contributed by atoms with van der Waals surface area (Å²) in [4.78, 5) is 5.40. The molecule has 0 bridgehead atoms. The number of halogens is 1. The molecule has 1 aliphatic rings. The third-order valence-corrected chi connectivity index (χ3v) is 8.03. The van der Waals surface area contributed by atoms with Crippen LogP contribution in [-0.4, -0.2) is 14.6 Å². The summed E-state index contributed by atoms with van der Waals surface area (Å²) < 4.78 is 2.19. The van der Waals surface area contributed by atoms with Gasteiger partial charge in [0.2, 0.25) is 0 Å². The molecule has 0 aliphatic heterocycles. The average molecular weight is 571 g/mol. The van der Waals surface area contributed by atoms with Crippen LogP contribution in [-0.2, 0) is 19.4 Å². The summed E-state index contributed by atoms with van der Waals surface area (Å²) in [6, 6.07) is 17.4. The Kier molecular flexibility index (Phi) is 6.09. The van der Waals surface area contributed by atoms with Gasteiger partial charge in [0.05, 0.1) is 0 Å². The van der Waals surface area contributed by atoms with Gasteiger partial charge in [0.25, 0.3) is 0 Å². The Morgan fingerprint density at radius 2 is 1.34 bits per heavy atom. The molecular formula is C31H29ClN2Pd+. The van der Waals surface area contributed by atoms with Crippen molar-refractivity contribution in [3.8, 4) is 0 Å². The van der Waals surface area contributed by atoms with E-state index in [0.29, 0.717) is 0 Å². The summed E-state index contributed by atoms with van der Waals surface area (Å²) in [5.74, 6) is 0. The molecule has 4 heteroatoms. The fourth-order valence-electron chi connectivity index (χ4n) is 5.59. The second-order valence-corrected chi connectivity index (χ2v) is 10.9. The zero-order valence-electron chi connectivity index (χ0n) is 21.2. The van der Waals surface area contributed by atoms with Crippen molar-refractivity contribution in [1.29, 1.82) is 0 Å². The van der Waals surface area contributed by atoms with Crippen molar-refractivity contribution >= 4 is 45.2 Å². The van der Waals surface area contributed by atoms with Crippen LogP contribution in [0.25, 0.3) is 10.8 Å². The van der Waals surface area contributed by atoms with E-state index in [9.17, 15) is 0 Å². The quantitative estimate of drug-likeness (QED) is 0.215. The predicted molar refractivity (Wildman–Crippen MR) is 145 cm³/mol. The van der Waals surface area contributed by atoms with E-state index in [1.54, 1.807) is 0 Å². The molecule has 4 aromatic carbocycles. The van der Waals surface area contributed by atoms with Crippen LogP contribution in [0.2, 0.25) is 5.02 Å². The maximum atomic E-state index is 6.77. The van der Waals surface area contributed by atoms with Crippen molar-refractivity contribution in [2.75, 3.05) is 0 Å². The van der Waals surface area contributed by atoms with Crippen molar-refractivity contribution < 1.29 is 22.7 Å². The molecule has 0 saturated carbocycles. The number of rotatable bonds is 2. The van der Waals surface area contributed by atoms with Gasteiger partial charge < -0.3 is 0 Å². The van der Waals surface area contributed by atoms with Crippen molar-refractivity contribution in [3.63, 3.8) is 0 Å². The minimum atomic E-state index is 0.767. The Morgan fingerprint density at radius 3 is 1.94 bits per heavy atom. The molecule has 0 amide bonds. The molecule has 2 nitrogen and oxygen atoms in total. The van der Waals surface area contributed by atoms with Crippen LogP contribution in [0, 0.1) is 48.5 Å². The maximum absolute atomic E-state index is 6.77. The average Bonchev–Trinajstić information content (AvgIpc) is 3.09. The molecule has 0 radical (unpaired) electrons. The van der Waals surface area contributed by atoms with Gasteiger partial charge in [0.1, 0.15) is 0 Å². The number of benzene rings is 4. The summed E-state index contributed by atoms with van der Waals surface area (Å²) in [7, 11) is 0. The number of aryl methyl sites for hydroxylation is 6. The normalized spacial score (nSPS) is 15.4. The second-order valence-electron chi connectivity index (χ2n) is 9.82. The summed E-state index contributed by atoms with van der Waals surface area (Å²) in [5.41, 5.74) is 14.9. The zero-order chi connectivity index (χ0) is 25.2. The van der Waals surface area contributed by atoms with E-state index in [4.69, 9.17) is 16.6 Å². The van der Waals surface area contributed by atoms with Crippen LogP contribution in [0.4, 0.5) is 11.4 Å². The van der Waals surface area contributed by atoms with Gasteiger partial charge in [-0.1, -0.05) is 0 Å². The summed E-state index contributed by atoms with van der Waals surface area (Å²) in [6.07, 6.45) is 0. The monoisotopic (exact) mass is 570 g/mol. The van der Waals surface area contributed by atoms with Gasteiger partial charge in [-0.3, -0.25) is 0 Å². The van der Waals surface area contributed by atoms with Gasteiger partial charge in [0.15, 0.2) is 0 Å². The van der Waals surface area contributed by atoms with E-state index in [1.165, 1.54) is 44.3 Å². The molecule has 0 heterocycles. The summed E-state index contributed by atoms with van der Waals surface area (Å²) in [5, 5.41) is 3.11. The first-order chi connectivity index (χ1) is 16.6. The molecule has 35 heavy (non-hydrogen) atoms. The molecule has 1 aliphatic carbocycles. The topological polar surface area (TPSA) is 15.4 Å².